The van der Waals surface area contributed by atoms with Crippen molar-refractivity contribution in [2.75, 3.05) is 20.6 Å². The fourth-order valence-corrected chi connectivity index (χ4v) is 1.41. The van der Waals surface area contributed by atoms with Crippen molar-refractivity contribution < 1.29 is 5.11 Å². The van der Waals surface area contributed by atoms with E-state index < -0.39 is 0 Å². The van der Waals surface area contributed by atoms with Crippen LogP contribution in [0.3, 0.4) is 0 Å². The Labute approximate surface area is 86.2 Å². The maximum Gasteiger partial charge on any atom is 0.118 e. The van der Waals surface area contributed by atoms with Crippen LogP contribution in [0.1, 0.15) is 17.5 Å². The molecule has 1 aromatic carbocycles. The summed E-state index contributed by atoms with van der Waals surface area (Å²) in [5, 5.41) is 9.50. The summed E-state index contributed by atoms with van der Waals surface area (Å²) in [4.78, 5) is 2.17. The van der Waals surface area contributed by atoms with Crippen LogP contribution in [0.2, 0.25) is 0 Å². The number of aromatic hydroxyl groups is 1. The first-order chi connectivity index (χ1) is 6.59. The Hall–Kier alpha value is -1.02. The Kier molecular flexibility index (Phi) is 3.96. The molecule has 1 rings (SSSR count). The number of rotatable bonds is 4. The van der Waals surface area contributed by atoms with Gasteiger partial charge >= 0.3 is 0 Å². The molecule has 0 unspecified atom stereocenters. The van der Waals surface area contributed by atoms with Crippen LogP contribution in [-0.4, -0.2) is 30.6 Å². The number of benzene rings is 1. The molecule has 2 nitrogen and oxygen atoms in total. The first-order valence-corrected chi connectivity index (χ1v) is 5.03. The van der Waals surface area contributed by atoms with Crippen molar-refractivity contribution in [1.29, 1.82) is 0 Å². The molecule has 0 fully saturated rings. The van der Waals surface area contributed by atoms with Crippen LogP contribution in [-0.2, 0) is 6.42 Å². The van der Waals surface area contributed by atoms with Crippen LogP contribution in [0.25, 0.3) is 0 Å². The molecule has 0 aliphatic rings. The first kappa shape index (κ1) is 11.1. The quantitative estimate of drug-likeness (QED) is 0.792. The Bertz CT molecular complexity index is 294. The Morgan fingerprint density at radius 2 is 2.00 bits per heavy atom. The van der Waals surface area contributed by atoms with E-state index in [4.69, 9.17) is 0 Å². The molecule has 0 saturated heterocycles. The predicted molar refractivity (Wildman–Crippen MR) is 59.7 cm³/mol. The summed E-state index contributed by atoms with van der Waals surface area (Å²) in [6, 6.07) is 5.93. The summed E-state index contributed by atoms with van der Waals surface area (Å²) in [5.74, 6) is 0.410. The lowest BCUT2D eigenvalue weighted by Gasteiger charge is -2.09. The molecule has 0 radical (unpaired) electrons. The summed E-state index contributed by atoms with van der Waals surface area (Å²) in [6.07, 6.45) is 2.17. The van der Waals surface area contributed by atoms with E-state index in [1.54, 1.807) is 0 Å². The van der Waals surface area contributed by atoms with Gasteiger partial charge in [0, 0.05) is 0 Å². The van der Waals surface area contributed by atoms with E-state index in [9.17, 15) is 5.11 Å². The molecule has 0 aliphatic carbocycles. The van der Waals surface area contributed by atoms with Crippen LogP contribution in [0, 0.1) is 6.92 Å². The van der Waals surface area contributed by atoms with E-state index in [2.05, 4.69) is 25.1 Å². The fraction of sp³-hybridized carbons (Fsp3) is 0.500. The highest BCUT2D eigenvalue weighted by Gasteiger charge is 1.98. The molecule has 2 heteroatoms. The van der Waals surface area contributed by atoms with Crippen molar-refractivity contribution in [2.45, 2.75) is 19.8 Å². The smallest absolute Gasteiger partial charge is 0.118 e. The molecule has 78 valence electrons. The van der Waals surface area contributed by atoms with Crippen LogP contribution >= 0.6 is 0 Å². The largest absolute Gasteiger partial charge is 0.508 e. The monoisotopic (exact) mass is 193 g/mol. The lowest BCUT2D eigenvalue weighted by molar-refractivity contribution is 0.400. The SMILES string of the molecule is Cc1ccc(CCCN(C)C)cc1O. The second kappa shape index (κ2) is 5.01. The zero-order valence-corrected chi connectivity index (χ0v) is 9.25. The number of nitrogens with zero attached hydrogens (tertiary/aromatic N) is 1. The van der Waals surface area contributed by atoms with Gasteiger partial charge in [0.15, 0.2) is 0 Å². The topological polar surface area (TPSA) is 23.5 Å². The summed E-state index contributed by atoms with van der Waals surface area (Å²) in [6.45, 7) is 3.01. The van der Waals surface area contributed by atoms with Crippen LogP contribution < -0.4 is 0 Å². The normalized spacial score (nSPS) is 10.9. The molecule has 0 bridgehead atoms. The number of hydrogen-bond donors (Lipinski definition) is 1. The molecule has 0 amide bonds. The third-order valence-electron chi connectivity index (χ3n) is 2.34. The van der Waals surface area contributed by atoms with Gasteiger partial charge in [-0.1, -0.05) is 12.1 Å². The maximum atomic E-state index is 9.50. The second-order valence-electron chi connectivity index (χ2n) is 4.03. The summed E-state index contributed by atoms with van der Waals surface area (Å²) in [5.41, 5.74) is 2.16. The van der Waals surface area contributed by atoms with Gasteiger partial charge < -0.3 is 10.0 Å². The molecule has 1 aromatic rings. The molecule has 0 saturated carbocycles. The number of phenols is 1. The number of phenolic OH excluding ortho intramolecular Hbond substituents is 1. The zero-order chi connectivity index (χ0) is 10.6. The van der Waals surface area contributed by atoms with Gasteiger partial charge in [-0.3, -0.25) is 0 Å². The molecule has 1 N–H and O–H groups in total. The summed E-state index contributed by atoms with van der Waals surface area (Å²) < 4.78 is 0. The highest BCUT2D eigenvalue weighted by molar-refractivity contribution is 5.35. The molecule has 0 spiro atoms. The highest BCUT2D eigenvalue weighted by Crippen LogP contribution is 2.18. The predicted octanol–water partition coefficient (Wildman–Crippen LogP) is 2.19. The van der Waals surface area contributed by atoms with E-state index in [1.165, 1.54) is 5.56 Å². The van der Waals surface area contributed by atoms with E-state index in [0.29, 0.717) is 5.75 Å². The van der Waals surface area contributed by atoms with Gasteiger partial charge in [0.05, 0.1) is 0 Å². The standard InChI is InChI=1S/C12H19NO/c1-10-6-7-11(9-12(10)14)5-4-8-13(2)3/h6-7,9,14H,4-5,8H2,1-3H3. The Morgan fingerprint density at radius 1 is 1.29 bits per heavy atom. The zero-order valence-electron chi connectivity index (χ0n) is 9.25. The van der Waals surface area contributed by atoms with E-state index in [1.807, 2.05) is 19.1 Å². The minimum atomic E-state index is 0.410. The average molecular weight is 193 g/mol. The van der Waals surface area contributed by atoms with Gasteiger partial charge in [0.25, 0.3) is 0 Å². The lowest BCUT2D eigenvalue weighted by atomic mass is 10.1. The van der Waals surface area contributed by atoms with Gasteiger partial charge in [-0.2, -0.15) is 0 Å². The molecule has 0 aliphatic heterocycles. The molecule has 0 atom stereocenters. The summed E-state index contributed by atoms with van der Waals surface area (Å²) >= 11 is 0. The van der Waals surface area contributed by atoms with Crippen molar-refractivity contribution in [1.82, 2.24) is 4.90 Å². The van der Waals surface area contributed by atoms with E-state index in [0.717, 1.165) is 24.9 Å². The van der Waals surface area contributed by atoms with Gasteiger partial charge in [0.2, 0.25) is 0 Å². The third-order valence-corrected chi connectivity index (χ3v) is 2.34. The average Bonchev–Trinajstić information content (AvgIpc) is 2.10. The van der Waals surface area contributed by atoms with Crippen LogP contribution in [0.15, 0.2) is 18.2 Å². The number of hydrogen-bond acceptors (Lipinski definition) is 2. The minimum absolute atomic E-state index is 0.410. The molecule has 14 heavy (non-hydrogen) atoms. The van der Waals surface area contributed by atoms with E-state index in [-0.39, 0.29) is 0 Å². The van der Waals surface area contributed by atoms with Crippen molar-refractivity contribution in [3.05, 3.63) is 29.3 Å². The minimum Gasteiger partial charge on any atom is -0.508 e. The van der Waals surface area contributed by atoms with Crippen molar-refractivity contribution in [3.63, 3.8) is 0 Å². The number of aryl methyl sites for hydroxylation is 2. The van der Waals surface area contributed by atoms with Crippen molar-refractivity contribution in [2.24, 2.45) is 0 Å². The van der Waals surface area contributed by atoms with E-state index >= 15 is 0 Å². The maximum absolute atomic E-state index is 9.50. The highest BCUT2D eigenvalue weighted by atomic mass is 16.3. The third kappa shape index (κ3) is 3.38. The van der Waals surface area contributed by atoms with Gasteiger partial charge in [-0.05, 0) is 57.6 Å². The lowest BCUT2D eigenvalue weighted by Crippen LogP contribution is -2.13. The molecule has 0 aromatic heterocycles. The van der Waals surface area contributed by atoms with Crippen molar-refractivity contribution in [3.8, 4) is 5.75 Å². The van der Waals surface area contributed by atoms with Gasteiger partial charge in [-0.25, -0.2) is 0 Å². The van der Waals surface area contributed by atoms with Crippen LogP contribution in [0.5, 0.6) is 5.75 Å². The molecular weight excluding hydrogens is 174 g/mol. The van der Waals surface area contributed by atoms with Gasteiger partial charge in [0.1, 0.15) is 5.75 Å². The molecular formula is C12H19NO. The van der Waals surface area contributed by atoms with Gasteiger partial charge in [-0.15, -0.1) is 0 Å². The molecule has 0 heterocycles. The summed E-state index contributed by atoms with van der Waals surface area (Å²) in [7, 11) is 4.15. The second-order valence-corrected chi connectivity index (χ2v) is 4.03. The Morgan fingerprint density at radius 3 is 2.57 bits per heavy atom. The van der Waals surface area contributed by atoms with Crippen LogP contribution in [0.4, 0.5) is 0 Å². The first-order valence-electron chi connectivity index (χ1n) is 5.03. The van der Waals surface area contributed by atoms with Crippen molar-refractivity contribution >= 4 is 0 Å². The Balaban J connectivity index is 2.47. The fourth-order valence-electron chi connectivity index (χ4n) is 1.41.